The monoisotopic (exact) mass is 338 g/mol. The highest BCUT2D eigenvalue weighted by Crippen LogP contribution is 2.26. The van der Waals surface area contributed by atoms with Crippen molar-refractivity contribution >= 4 is 23.2 Å². The van der Waals surface area contributed by atoms with Crippen LogP contribution in [-0.4, -0.2) is 18.9 Å². The van der Waals surface area contributed by atoms with Crippen molar-refractivity contribution in [2.24, 2.45) is 5.92 Å². The largest absolute Gasteiger partial charge is 0.495 e. The van der Waals surface area contributed by atoms with Gasteiger partial charge < -0.3 is 15.4 Å². The van der Waals surface area contributed by atoms with Gasteiger partial charge in [-0.1, -0.05) is 25.0 Å². The number of hydrogen-bond donors (Lipinski definition) is 2. The van der Waals surface area contributed by atoms with Gasteiger partial charge in [0.05, 0.1) is 12.8 Å². The Morgan fingerprint density at radius 1 is 0.960 bits per heavy atom. The summed E-state index contributed by atoms with van der Waals surface area (Å²) in [4.78, 5) is 24.5. The summed E-state index contributed by atoms with van der Waals surface area (Å²) in [5.74, 6) is 0.576. The topological polar surface area (TPSA) is 67.4 Å². The molecule has 0 unspecified atom stereocenters. The lowest BCUT2D eigenvalue weighted by Gasteiger charge is -2.12. The highest BCUT2D eigenvalue weighted by molar-refractivity contribution is 6.05. The molecule has 3 rings (SSSR count). The summed E-state index contributed by atoms with van der Waals surface area (Å²) < 4.78 is 5.23. The van der Waals surface area contributed by atoms with Crippen molar-refractivity contribution in [1.29, 1.82) is 0 Å². The molecule has 0 radical (unpaired) electrons. The zero-order valence-corrected chi connectivity index (χ0v) is 14.2. The Morgan fingerprint density at radius 2 is 1.64 bits per heavy atom. The second-order valence-corrected chi connectivity index (χ2v) is 6.20. The first-order valence-corrected chi connectivity index (χ1v) is 8.52. The Labute approximate surface area is 147 Å². The van der Waals surface area contributed by atoms with Crippen LogP contribution in [0.1, 0.15) is 36.0 Å². The summed E-state index contributed by atoms with van der Waals surface area (Å²) in [5.41, 5.74) is 1.85. The van der Waals surface area contributed by atoms with Gasteiger partial charge in [0.1, 0.15) is 5.75 Å². The number of benzene rings is 2. The van der Waals surface area contributed by atoms with E-state index in [-0.39, 0.29) is 17.7 Å². The molecule has 130 valence electrons. The number of hydrogen-bond acceptors (Lipinski definition) is 3. The van der Waals surface area contributed by atoms with Gasteiger partial charge >= 0.3 is 0 Å². The van der Waals surface area contributed by atoms with Crippen molar-refractivity contribution in [2.45, 2.75) is 25.7 Å². The van der Waals surface area contributed by atoms with Gasteiger partial charge in [-0.2, -0.15) is 0 Å². The van der Waals surface area contributed by atoms with Crippen LogP contribution >= 0.6 is 0 Å². The molecular weight excluding hydrogens is 316 g/mol. The fraction of sp³-hybridized carbons (Fsp3) is 0.300. The second kappa shape index (κ2) is 7.83. The molecule has 1 fully saturated rings. The SMILES string of the molecule is COc1ccccc1NC(=O)c1ccc(NC(=O)C2CCCC2)cc1. The molecule has 1 saturated carbocycles. The van der Waals surface area contributed by atoms with Crippen LogP contribution in [0.15, 0.2) is 48.5 Å². The Hall–Kier alpha value is -2.82. The molecule has 0 saturated heterocycles. The van der Waals surface area contributed by atoms with Gasteiger partial charge in [0.25, 0.3) is 5.91 Å². The average molecular weight is 338 g/mol. The van der Waals surface area contributed by atoms with Crippen molar-refractivity contribution in [3.05, 3.63) is 54.1 Å². The number of amides is 2. The number of carbonyl (C=O) groups is 2. The Morgan fingerprint density at radius 3 is 2.32 bits per heavy atom. The van der Waals surface area contributed by atoms with Gasteiger partial charge in [-0.15, -0.1) is 0 Å². The lowest BCUT2D eigenvalue weighted by Crippen LogP contribution is -2.20. The summed E-state index contributed by atoms with van der Waals surface area (Å²) in [6.45, 7) is 0. The number of ether oxygens (including phenoxy) is 1. The molecule has 0 heterocycles. The smallest absolute Gasteiger partial charge is 0.255 e. The highest BCUT2D eigenvalue weighted by Gasteiger charge is 2.22. The molecule has 0 aliphatic heterocycles. The van der Waals surface area contributed by atoms with Crippen LogP contribution < -0.4 is 15.4 Å². The maximum Gasteiger partial charge on any atom is 0.255 e. The number of nitrogens with one attached hydrogen (secondary N) is 2. The van der Waals surface area contributed by atoms with Gasteiger partial charge in [-0.3, -0.25) is 9.59 Å². The predicted octanol–water partition coefficient (Wildman–Crippen LogP) is 4.08. The minimum Gasteiger partial charge on any atom is -0.495 e. The molecule has 0 atom stereocenters. The van der Waals surface area contributed by atoms with Crippen molar-refractivity contribution in [3.8, 4) is 5.75 Å². The fourth-order valence-electron chi connectivity index (χ4n) is 3.08. The summed E-state index contributed by atoms with van der Waals surface area (Å²) in [5, 5.41) is 5.76. The Balaban J connectivity index is 1.63. The van der Waals surface area contributed by atoms with Crippen molar-refractivity contribution in [1.82, 2.24) is 0 Å². The van der Waals surface area contributed by atoms with Gasteiger partial charge in [-0.05, 0) is 49.2 Å². The van der Waals surface area contributed by atoms with Crippen LogP contribution in [0, 0.1) is 5.92 Å². The van der Waals surface area contributed by atoms with Gasteiger partial charge in [0.2, 0.25) is 5.91 Å². The first-order chi connectivity index (χ1) is 12.2. The average Bonchev–Trinajstić information content (AvgIpc) is 3.17. The van der Waals surface area contributed by atoms with E-state index in [4.69, 9.17) is 4.74 Å². The van der Waals surface area contributed by atoms with Crippen molar-refractivity contribution in [2.75, 3.05) is 17.7 Å². The van der Waals surface area contributed by atoms with E-state index in [2.05, 4.69) is 10.6 Å². The standard InChI is InChI=1S/C20H22N2O3/c1-25-18-9-5-4-8-17(18)22-20(24)15-10-12-16(13-11-15)21-19(23)14-6-2-3-7-14/h4-5,8-14H,2-3,6-7H2,1H3,(H,21,23)(H,22,24). The Bertz CT molecular complexity index is 750. The molecular formula is C20H22N2O3. The van der Waals surface area contributed by atoms with E-state index in [0.29, 0.717) is 22.7 Å². The van der Waals surface area contributed by atoms with Gasteiger partial charge in [0.15, 0.2) is 0 Å². The third-order valence-corrected chi connectivity index (χ3v) is 4.50. The molecule has 1 aliphatic rings. The van der Waals surface area contributed by atoms with E-state index in [0.717, 1.165) is 25.7 Å². The Kier molecular flexibility index (Phi) is 5.33. The third kappa shape index (κ3) is 4.18. The number of para-hydroxylation sites is 2. The summed E-state index contributed by atoms with van der Waals surface area (Å²) in [6, 6.07) is 14.2. The number of anilines is 2. The molecule has 1 aliphatic carbocycles. The van der Waals surface area contributed by atoms with Crippen LogP contribution in [0.4, 0.5) is 11.4 Å². The molecule has 2 amide bonds. The molecule has 5 nitrogen and oxygen atoms in total. The molecule has 0 bridgehead atoms. The molecule has 0 aromatic heterocycles. The minimum absolute atomic E-state index is 0.0729. The predicted molar refractivity (Wildman–Crippen MR) is 98.0 cm³/mol. The molecule has 2 N–H and O–H groups in total. The first kappa shape index (κ1) is 17.0. The fourth-order valence-corrected chi connectivity index (χ4v) is 3.08. The van der Waals surface area contributed by atoms with Crippen molar-refractivity contribution in [3.63, 3.8) is 0 Å². The normalized spacial score (nSPS) is 14.1. The van der Waals surface area contributed by atoms with E-state index in [1.165, 1.54) is 0 Å². The van der Waals surface area contributed by atoms with Gasteiger partial charge in [0, 0.05) is 17.2 Å². The molecule has 2 aromatic rings. The summed E-state index contributed by atoms with van der Waals surface area (Å²) >= 11 is 0. The van der Waals surface area contributed by atoms with Crippen LogP contribution in [0.3, 0.4) is 0 Å². The second-order valence-electron chi connectivity index (χ2n) is 6.20. The quantitative estimate of drug-likeness (QED) is 0.863. The van der Waals surface area contributed by atoms with E-state index in [1.54, 1.807) is 43.5 Å². The van der Waals surface area contributed by atoms with Crippen LogP contribution in [0.5, 0.6) is 5.75 Å². The lowest BCUT2D eigenvalue weighted by molar-refractivity contribution is -0.119. The first-order valence-electron chi connectivity index (χ1n) is 8.52. The van der Waals surface area contributed by atoms with Crippen LogP contribution in [0.25, 0.3) is 0 Å². The van der Waals surface area contributed by atoms with Crippen LogP contribution in [0.2, 0.25) is 0 Å². The third-order valence-electron chi connectivity index (χ3n) is 4.50. The number of rotatable bonds is 5. The zero-order chi connectivity index (χ0) is 17.6. The van der Waals surface area contributed by atoms with E-state index >= 15 is 0 Å². The zero-order valence-electron chi connectivity index (χ0n) is 14.2. The molecule has 5 heteroatoms. The summed E-state index contributed by atoms with van der Waals surface area (Å²) in [7, 11) is 1.56. The number of methoxy groups -OCH3 is 1. The highest BCUT2D eigenvalue weighted by atomic mass is 16.5. The van der Waals surface area contributed by atoms with E-state index in [1.807, 2.05) is 12.1 Å². The molecule has 2 aromatic carbocycles. The summed E-state index contributed by atoms with van der Waals surface area (Å²) in [6.07, 6.45) is 4.18. The maximum atomic E-state index is 12.4. The van der Waals surface area contributed by atoms with Crippen LogP contribution in [-0.2, 0) is 4.79 Å². The minimum atomic E-state index is -0.224. The lowest BCUT2D eigenvalue weighted by atomic mass is 10.1. The van der Waals surface area contributed by atoms with E-state index in [9.17, 15) is 9.59 Å². The van der Waals surface area contributed by atoms with E-state index < -0.39 is 0 Å². The molecule has 0 spiro atoms. The van der Waals surface area contributed by atoms with Gasteiger partial charge in [-0.25, -0.2) is 0 Å². The number of carbonyl (C=O) groups excluding carboxylic acids is 2. The molecule has 25 heavy (non-hydrogen) atoms. The maximum absolute atomic E-state index is 12.4. The van der Waals surface area contributed by atoms with Crippen molar-refractivity contribution < 1.29 is 14.3 Å².